The Morgan fingerprint density at radius 1 is 1.38 bits per heavy atom. The van der Waals surface area contributed by atoms with Crippen molar-refractivity contribution in [1.29, 1.82) is 0 Å². The summed E-state index contributed by atoms with van der Waals surface area (Å²) in [6, 6.07) is 1.68. The molecule has 0 saturated heterocycles. The van der Waals surface area contributed by atoms with Crippen LogP contribution in [0.25, 0.3) is 11.3 Å². The van der Waals surface area contributed by atoms with E-state index in [1.54, 1.807) is 6.92 Å². The number of nitrogens with zero attached hydrogens (tertiary/aromatic N) is 3. The number of phenolic OH excluding ortho intramolecular Hbond substituents is 2. The quantitative estimate of drug-likeness (QED) is 0.428. The molecule has 10 heteroatoms. The van der Waals surface area contributed by atoms with Crippen LogP contribution in [-0.4, -0.2) is 43.1 Å². The lowest BCUT2D eigenvalue weighted by Gasteiger charge is -2.05. The molecule has 0 amide bonds. The highest BCUT2D eigenvalue weighted by molar-refractivity contribution is 5.95. The molecule has 1 aromatic carbocycles. The van der Waals surface area contributed by atoms with Gasteiger partial charge >= 0.3 is 11.7 Å². The fourth-order valence-electron chi connectivity index (χ4n) is 1.66. The lowest BCUT2D eigenvalue weighted by Crippen LogP contribution is -2.07. The highest BCUT2D eigenvalue weighted by Crippen LogP contribution is 2.38. The molecule has 10 nitrogen and oxygen atoms in total. The van der Waals surface area contributed by atoms with Crippen molar-refractivity contribution in [2.24, 2.45) is 0 Å². The summed E-state index contributed by atoms with van der Waals surface area (Å²) in [6.45, 7) is 1.70. The summed E-state index contributed by atoms with van der Waals surface area (Å²) in [5, 5.41) is 39.5. The predicted molar refractivity (Wildman–Crippen MR) is 67.8 cm³/mol. The van der Waals surface area contributed by atoms with E-state index in [0.717, 1.165) is 12.1 Å². The molecular formula is C11H10N4O6. The third-order valence-electron chi connectivity index (χ3n) is 2.56. The molecule has 0 aliphatic rings. The Kier molecular flexibility index (Phi) is 3.69. The Morgan fingerprint density at radius 3 is 2.71 bits per heavy atom. The number of carbonyl (C=O) groups is 1. The van der Waals surface area contributed by atoms with E-state index in [-0.39, 0.29) is 23.6 Å². The number of ether oxygens (including phenoxy) is 1. The molecule has 0 radical (unpaired) electrons. The van der Waals surface area contributed by atoms with Crippen molar-refractivity contribution in [3.63, 3.8) is 0 Å². The number of benzene rings is 1. The molecule has 1 heterocycles. The first-order valence-electron chi connectivity index (χ1n) is 5.74. The van der Waals surface area contributed by atoms with Crippen LogP contribution in [0.4, 0.5) is 5.69 Å². The van der Waals surface area contributed by atoms with Crippen molar-refractivity contribution in [2.75, 3.05) is 6.61 Å². The van der Waals surface area contributed by atoms with Gasteiger partial charge in [0, 0.05) is 12.1 Å². The van der Waals surface area contributed by atoms with Gasteiger partial charge in [-0.05, 0) is 6.92 Å². The number of nitro benzene ring substituents is 1. The standard InChI is InChI=1S/C11H10N4O6/c1-2-21-11(18)10-9(12-14-13-10)5-3-6(15(19)20)8(17)4-7(5)16/h3-4,16-17H,2H2,1H3,(H,12,13,14). The maximum atomic E-state index is 11.7. The van der Waals surface area contributed by atoms with Crippen LogP contribution in [0.2, 0.25) is 0 Å². The highest BCUT2D eigenvalue weighted by atomic mass is 16.6. The first-order valence-corrected chi connectivity index (χ1v) is 5.74. The van der Waals surface area contributed by atoms with Gasteiger partial charge in [-0.1, -0.05) is 0 Å². The fourth-order valence-corrected chi connectivity index (χ4v) is 1.66. The minimum atomic E-state index is -0.831. The van der Waals surface area contributed by atoms with Crippen LogP contribution in [0, 0.1) is 10.1 Å². The number of carbonyl (C=O) groups excluding carboxylic acids is 1. The SMILES string of the molecule is CCOC(=O)c1n[nH]nc1-c1cc([N+](=O)[O-])c(O)cc1O. The normalized spacial score (nSPS) is 10.3. The van der Waals surface area contributed by atoms with Crippen LogP contribution in [0.15, 0.2) is 12.1 Å². The van der Waals surface area contributed by atoms with Gasteiger partial charge in [0.25, 0.3) is 0 Å². The van der Waals surface area contributed by atoms with Gasteiger partial charge in [0.2, 0.25) is 0 Å². The van der Waals surface area contributed by atoms with Gasteiger partial charge in [-0.2, -0.15) is 10.3 Å². The maximum Gasteiger partial charge on any atom is 0.361 e. The molecule has 0 unspecified atom stereocenters. The van der Waals surface area contributed by atoms with Crippen molar-refractivity contribution >= 4 is 11.7 Å². The van der Waals surface area contributed by atoms with Gasteiger partial charge in [0.1, 0.15) is 11.4 Å². The molecule has 110 valence electrons. The molecule has 0 bridgehead atoms. The molecule has 21 heavy (non-hydrogen) atoms. The zero-order valence-electron chi connectivity index (χ0n) is 10.7. The largest absolute Gasteiger partial charge is 0.507 e. The second-order valence-corrected chi connectivity index (χ2v) is 3.86. The van der Waals surface area contributed by atoms with Crippen LogP contribution < -0.4 is 0 Å². The van der Waals surface area contributed by atoms with Crippen LogP contribution in [0.1, 0.15) is 17.4 Å². The zero-order chi connectivity index (χ0) is 15.6. The van der Waals surface area contributed by atoms with Crippen molar-refractivity contribution < 1.29 is 24.7 Å². The summed E-state index contributed by atoms with van der Waals surface area (Å²) in [7, 11) is 0. The molecule has 0 spiro atoms. The number of rotatable bonds is 4. The highest BCUT2D eigenvalue weighted by Gasteiger charge is 2.25. The predicted octanol–water partition coefficient (Wildman–Crippen LogP) is 0.968. The van der Waals surface area contributed by atoms with E-state index in [4.69, 9.17) is 4.74 Å². The third-order valence-corrected chi connectivity index (χ3v) is 2.56. The first-order chi connectivity index (χ1) is 9.95. The summed E-state index contributed by atoms with van der Waals surface area (Å²) >= 11 is 0. The molecular weight excluding hydrogens is 284 g/mol. The van der Waals surface area contributed by atoms with Crippen LogP contribution in [-0.2, 0) is 4.74 Å². The Labute approximate surface area is 117 Å². The third kappa shape index (κ3) is 2.59. The number of nitrogens with one attached hydrogen (secondary N) is 1. The van der Waals surface area contributed by atoms with Crippen LogP contribution >= 0.6 is 0 Å². The minimum Gasteiger partial charge on any atom is -0.507 e. The van der Waals surface area contributed by atoms with Crippen molar-refractivity contribution in [1.82, 2.24) is 15.4 Å². The van der Waals surface area contributed by atoms with E-state index in [1.807, 2.05) is 0 Å². The number of aromatic hydroxyl groups is 2. The average molecular weight is 294 g/mol. The summed E-state index contributed by atoms with van der Waals surface area (Å²) in [4.78, 5) is 21.7. The number of aromatic nitrogens is 3. The number of hydrogen-bond donors (Lipinski definition) is 3. The van der Waals surface area contributed by atoms with Gasteiger partial charge < -0.3 is 14.9 Å². The molecule has 0 fully saturated rings. The second-order valence-electron chi connectivity index (χ2n) is 3.86. The number of hydrogen-bond acceptors (Lipinski definition) is 8. The van der Waals surface area contributed by atoms with Gasteiger partial charge in [0.05, 0.1) is 17.1 Å². The van der Waals surface area contributed by atoms with Gasteiger partial charge in [0.15, 0.2) is 11.4 Å². The molecule has 1 aromatic heterocycles. The number of nitro groups is 1. The van der Waals surface area contributed by atoms with Gasteiger partial charge in [-0.15, -0.1) is 5.10 Å². The number of H-pyrrole nitrogens is 1. The van der Waals surface area contributed by atoms with Crippen molar-refractivity contribution in [2.45, 2.75) is 6.92 Å². The molecule has 0 aliphatic heterocycles. The summed E-state index contributed by atoms with van der Waals surface area (Å²) < 4.78 is 4.76. The Morgan fingerprint density at radius 2 is 2.10 bits per heavy atom. The smallest absolute Gasteiger partial charge is 0.361 e. The first kappa shape index (κ1) is 14.2. The fraction of sp³-hybridized carbons (Fsp3) is 0.182. The lowest BCUT2D eigenvalue weighted by atomic mass is 10.1. The molecule has 2 rings (SSSR count). The molecule has 0 atom stereocenters. The molecule has 0 aliphatic carbocycles. The maximum absolute atomic E-state index is 11.7. The number of esters is 1. The van der Waals surface area contributed by atoms with E-state index >= 15 is 0 Å². The summed E-state index contributed by atoms with van der Waals surface area (Å²) in [5.41, 5.74) is -1.11. The van der Waals surface area contributed by atoms with E-state index in [1.165, 1.54) is 0 Å². The summed E-state index contributed by atoms with van der Waals surface area (Å²) in [6.07, 6.45) is 0. The van der Waals surface area contributed by atoms with Gasteiger partial charge in [-0.25, -0.2) is 4.79 Å². The van der Waals surface area contributed by atoms with E-state index in [9.17, 15) is 25.1 Å². The summed E-state index contributed by atoms with van der Waals surface area (Å²) in [5.74, 6) is -1.99. The monoisotopic (exact) mass is 294 g/mol. The van der Waals surface area contributed by atoms with E-state index in [0.29, 0.717) is 0 Å². The van der Waals surface area contributed by atoms with Crippen LogP contribution in [0.3, 0.4) is 0 Å². The molecule has 3 N–H and O–H groups in total. The number of phenols is 2. The van der Waals surface area contributed by atoms with E-state index < -0.39 is 28.1 Å². The topological polar surface area (TPSA) is 151 Å². The number of aromatic amines is 1. The Bertz CT molecular complexity index is 711. The Hall–Kier alpha value is -3.17. The molecule has 2 aromatic rings. The molecule has 0 saturated carbocycles. The Balaban J connectivity index is 2.58. The minimum absolute atomic E-state index is 0.104. The zero-order valence-corrected chi connectivity index (χ0v) is 10.7. The van der Waals surface area contributed by atoms with Crippen molar-refractivity contribution in [3.05, 3.63) is 27.9 Å². The van der Waals surface area contributed by atoms with E-state index in [2.05, 4.69) is 15.4 Å². The average Bonchev–Trinajstić information content (AvgIpc) is 2.87. The second kappa shape index (κ2) is 5.45. The van der Waals surface area contributed by atoms with Crippen molar-refractivity contribution in [3.8, 4) is 22.8 Å². The van der Waals surface area contributed by atoms with Gasteiger partial charge in [-0.3, -0.25) is 10.1 Å². The van der Waals surface area contributed by atoms with Crippen LogP contribution in [0.5, 0.6) is 11.5 Å². The lowest BCUT2D eigenvalue weighted by molar-refractivity contribution is -0.385.